The number of rotatable bonds is 5. The van der Waals surface area contributed by atoms with Crippen molar-refractivity contribution in [2.24, 2.45) is 0 Å². The van der Waals surface area contributed by atoms with E-state index in [2.05, 4.69) is 10.9 Å². The Morgan fingerprint density at radius 1 is 1.21 bits per heavy atom. The second-order valence-corrected chi connectivity index (χ2v) is 8.31. The second-order valence-electron chi connectivity index (χ2n) is 5.65. The van der Waals surface area contributed by atoms with Gasteiger partial charge in [-0.3, -0.25) is 30.1 Å². The molecule has 0 aliphatic carbocycles. The number of hydrogen-bond acceptors (Lipinski definition) is 7. The molecular formula is C18H15N3O4S3. The molecule has 7 nitrogen and oxygen atoms in total. The molecule has 2 heterocycles. The summed E-state index contributed by atoms with van der Waals surface area (Å²) >= 11 is 7.95. The monoisotopic (exact) mass is 433 g/mol. The van der Waals surface area contributed by atoms with E-state index in [1.54, 1.807) is 6.08 Å². The van der Waals surface area contributed by atoms with Crippen LogP contribution >= 0.6 is 35.3 Å². The molecule has 1 aromatic carbocycles. The van der Waals surface area contributed by atoms with Gasteiger partial charge in [-0.1, -0.05) is 36.1 Å². The van der Waals surface area contributed by atoms with E-state index in [1.807, 2.05) is 17.5 Å². The van der Waals surface area contributed by atoms with Gasteiger partial charge in [0.15, 0.2) is 0 Å². The number of amides is 3. The third kappa shape index (κ3) is 4.97. The Bertz CT molecular complexity index is 957. The van der Waals surface area contributed by atoms with Gasteiger partial charge in [0.05, 0.1) is 4.91 Å². The molecule has 3 amide bonds. The van der Waals surface area contributed by atoms with Crippen LogP contribution in [-0.2, 0) is 9.59 Å². The maximum absolute atomic E-state index is 12.5. The molecule has 0 saturated carbocycles. The van der Waals surface area contributed by atoms with Crippen LogP contribution in [0.1, 0.15) is 21.7 Å². The van der Waals surface area contributed by atoms with Gasteiger partial charge < -0.3 is 5.11 Å². The molecule has 144 valence electrons. The third-order valence-corrected chi connectivity index (χ3v) is 5.87. The molecule has 1 aromatic heterocycles. The summed E-state index contributed by atoms with van der Waals surface area (Å²) in [6, 6.07) is 9.53. The van der Waals surface area contributed by atoms with Crippen molar-refractivity contribution in [1.29, 1.82) is 0 Å². The van der Waals surface area contributed by atoms with Crippen molar-refractivity contribution < 1.29 is 19.5 Å². The maximum Gasteiger partial charge on any atom is 0.269 e. The third-order valence-electron chi connectivity index (χ3n) is 3.68. The van der Waals surface area contributed by atoms with Crippen molar-refractivity contribution in [3.05, 3.63) is 57.1 Å². The molecular weight excluding hydrogens is 418 g/mol. The number of phenolic OH excluding ortho intramolecular Hbond substituents is 1. The smallest absolute Gasteiger partial charge is 0.269 e. The molecule has 1 aliphatic rings. The van der Waals surface area contributed by atoms with Crippen molar-refractivity contribution in [1.82, 2.24) is 15.8 Å². The summed E-state index contributed by atoms with van der Waals surface area (Å²) in [5, 5.41) is 11.3. The maximum atomic E-state index is 12.5. The van der Waals surface area contributed by atoms with Crippen molar-refractivity contribution in [3.63, 3.8) is 0 Å². The lowest BCUT2D eigenvalue weighted by Crippen LogP contribution is -2.43. The lowest BCUT2D eigenvalue weighted by atomic mass is 10.2. The molecule has 0 atom stereocenters. The lowest BCUT2D eigenvalue weighted by Gasteiger charge is -2.14. The molecule has 0 radical (unpaired) electrons. The van der Waals surface area contributed by atoms with Crippen LogP contribution in [0, 0.1) is 0 Å². The Morgan fingerprint density at radius 3 is 2.75 bits per heavy atom. The molecule has 2 aromatic rings. The fraction of sp³-hybridized carbons (Fsp3) is 0.111. The Balaban J connectivity index is 1.49. The predicted molar refractivity (Wildman–Crippen MR) is 113 cm³/mol. The van der Waals surface area contributed by atoms with Gasteiger partial charge in [-0.05, 0) is 35.7 Å². The quantitative estimate of drug-likeness (QED) is 0.381. The highest BCUT2D eigenvalue weighted by molar-refractivity contribution is 8.26. The first-order valence-electron chi connectivity index (χ1n) is 8.11. The van der Waals surface area contributed by atoms with E-state index < -0.39 is 11.8 Å². The van der Waals surface area contributed by atoms with Crippen LogP contribution in [0.3, 0.4) is 0 Å². The number of nitrogens with one attached hydrogen (secondary N) is 2. The van der Waals surface area contributed by atoms with Gasteiger partial charge in [0.25, 0.3) is 11.8 Å². The summed E-state index contributed by atoms with van der Waals surface area (Å²) in [7, 11) is 0. The van der Waals surface area contributed by atoms with Crippen LogP contribution in [0.15, 0.2) is 46.7 Å². The van der Waals surface area contributed by atoms with Gasteiger partial charge >= 0.3 is 0 Å². The van der Waals surface area contributed by atoms with Crippen LogP contribution in [0.4, 0.5) is 0 Å². The Labute approximate surface area is 174 Å². The number of hydrazine groups is 1. The minimum atomic E-state index is -0.561. The van der Waals surface area contributed by atoms with E-state index in [1.165, 1.54) is 52.3 Å². The number of thiophene rings is 1. The number of thioether (sulfide) groups is 1. The average Bonchev–Trinajstić information content (AvgIpc) is 3.27. The second kappa shape index (κ2) is 9.00. The predicted octanol–water partition coefficient (Wildman–Crippen LogP) is 2.51. The van der Waals surface area contributed by atoms with E-state index in [-0.39, 0.29) is 30.2 Å². The number of thiocarbonyl (C=S) groups is 1. The van der Waals surface area contributed by atoms with Crippen molar-refractivity contribution >= 4 is 63.4 Å². The molecule has 3 rings (SSSR count). The fourth-order valence-electron chi connectivity index (χ4n) is 2.32. The van der Waals surface area contributed by atoms with Crippen molar-refractivity contribution in [3.8, 4) is 5.75 Å². The normalized spacial score (nSPS) is 15.1. The molecule has 0 spiro atoms. The Morgan fingerprint density at radius 2 is 2.04 bits per heavy atom. The zero-order chi connectivity index (χ0) is 20.1. The van der Waals surface area contributed by atoms with E-state index in [0.717, 1.165) is 4.88 Å². The van der Waals surface area contributed by atoms with Gasteiger partial charge in [-0.15, -0.1) is 11.3 Å². The van der Waals surface area contributed by atoms with Crippen LogP contribution in [0.2, 0.25) is 0 Å². The molecule has 1 fully saturated rings. The van der Waals surface area contributed by atoms with Gasteiger partial charge in [0.2, 0.25) is 5.91 Å². The van der Waals surface area contributed by atoms with Crippen LogP contribution < -0.4 is 10.9 Å². The minimum Gasteiger partial charge on any atom is -0.508 e. The SMILES string of the molecule is O=C(CCN1C(=O)/C(=C\c2cccs2)SC1=S)NNC(=O)c1cccc(O)c1. The summed E-state index contributed by atoms with van der Waals surface area (Å²) in [6.07, 6.45) is 1.75. The molecule has 3 N–H and O–H groups in total. The van der Waals surface area contributed by atoms with Crippen molar-refractivity contribution in [2.45, 2.75) is 6.42 Å². The zero-order valence-electron chi connectivity index (χ0n) is 14.4. The van der Waals surface area contributed by atoms with Gasteiger partial charge in [-0.2, -0.15) is 0 Å². The summed E-state index contributed by atoms with van der Waals surface area (Å²) < 4.78 is 0.393. The highest BCUT2D eigenvalue weighted by Crippen LogP contribution is 2.33. The topological polar surface area (TPSA) is 98.7 Å². The largest absolute Gasteiger partial charge is 0.508 e. The van der Waals surface area contributed by atoms with E-state index in [0.29, 0.717) is 9.23 Å². The van der Waals surface area contributed by atoms with Crippen LogP contribution in [0.25, 0.3) is 6.08 Å². The van der Waals surface area contributed by atoms with Gasteiger partial charge in [0, 0.05) is 23.4 Å². The van der Waals surface area contributed by atoms with Gasteiger partial charge in [0.1, 0.15) is 10.1 Å². The van der Waals surface area contributed by atoms with Crippen molar-refractivity contribution in [2.75, 3.05) is 6.54 Å². The van der Waals surface area contributed by atoms with Gasteiger partial charge in [-0.25, -0.2) is 0 Å². The first-order valence-corrected chi connectivity index (χ1v) is 10.2. The molecule has 1 aliphatic heterocycles. The molecule has 0 unspecified atom stereocenters. The molecule has 0 bridgehead atoms. The summed E-state index contributed by atoms with van der Waals surface area (Å²) in [5.41, 5.74) is 4.75. The molecule has 28 heavy (non-hydrogen) atoms. The fourth-order valence-corrected chi connectivity index (χ4v) is 4.35. The van der Waals surface area contributed by atoms with Crippen LogP contribution in [0.5, 0.6) is 5.75 Å². The number of aromatic hydroxyl groups is 1. The lowest BCUT2D eigenvalue weighted by molar-refractivity contribution is -0.124. The molecule has 1 saturated heterocycles. The average molecular weight is 434 g/mol. The number of benzene rings is 1. The number of nitrogens with zero attached hydrogens (tertiary/aromatic N) is 1. The number of phenols is 1. The number of carbonyl (C=O) groups excluding carboxylic acids is 3. The standard InChI is InChI=1S/C18H15N3O4S3/c22-12-4-1-3-11(9-12)16(24)20-19-15(23)6-7-21-17(25)14(28-18(21)26)10-13-5-2-8-27-13/h1-5,8-10,22H,6-7H2,(H,19,23)(H,20,24)/b14-10+. The highest BCUT2D eigenvalue weighted by Gasteiger charge is 2.32. The van der Waals surface area contributed by atoms with Crippen LogP contribution in [-0.4, -0.2) is 38.6 Å². The number of carbonyl (C=O) groups is 3. The first kappa shape index (κ1) is 20.1. The summed E-state index contributed by atoms with van der Waals surface area (Å²) in [4.78, 5) is 39.2. The number of hydrogen-bond donors (Lipinski definition) is 3. The summed E-state index contributed by atoms with van der Waals surface area (Å²) in [5.74, 6) is -1.32. The first-order chi connectivity index (χ1) is 13.4. The van der Waals surface area contributed by atoms with E-state index >= 15 is 0 Å². The van der Waals surface area contributed by atoms with E-state index in [9.17, 15) is 19.5 Å². The summed E-state index contributed by atoms with van der Waals surface area (Å²) in [6.45, 7) is 0.111. The van der Waals surface area contributed by atoms with E-state index in [4.69, 9.17) is 12.2 Å². The zero-order valence-corrected chi connectivity index (χ0v) is 16.8. The molecule has 10 heteroatoms. The highest BCUT2D eigenvalue weighted by atomic mass is 32.2. The minimum absolute atomic E-state index is 0.0287. The Kier molecular flexibility index (Phi) is 6.45. The Hall–Kier alpha value is -2.69.